The number of benzene rings is 1. The average Bonchev–Trinajstić information content (AvgIpc) is 2.90. The first-order chi connectivity index (χ1) is 9.74. The lowest BCUT2D eigenvalue weighted by Gasteiger charge is -2.16. The number of aromatic nitrogens is 3. The van der Waals surface area contributed by atoms with Gasteiger partial charge in [0.1, 0.15) is 5.82 Å². The zero-order chi connectivity index (χ0) is 14.1. The number of nitrogens with two attached hydrogens (primary N) is 1. The maximum atomic E-state index is 6.13. The van der Waals surface area contributed by atoms with Gasteiger partial charge in [0.25, 0.3) is 0 Å². The number of hydrogen-bond donors (Lipinski definition) is 1. The molecule has 2 aromatic rings. The third-order valence-corrected chi connectivity index (χ3v) is 3.66. The molecule has 0 bridgehead atoms. The minimum absolute atomic E-state index is 0.614. The highest BCUT2D eigenvalue weighted by atomic mass is 16.5. The van der Waals surface area contributed by atoms with E-state index in [4.69, 9.17) is 15.2 Å². The number of fused-ring (bicyclic) bond motifs is 1. The van der Waals surface area contributed by atoms with Crippen molar-refractivity contribution in [3.63, 3.8) is 0 Å². The number of nitrogens with zero attached hydrogens (tertiary/aromatic N) is 3. The standard InChI is InChI=1S/C14H18N4O2/c1-19-11-7-9(10(15)8-12(11)20-2)14-17-16-13-5-3-4-6-18(13)14/h7-8H,3-6,15H2,1-2H3. The monoisotopic (exact) mass is 274 g/mol. The number of nitrogen functional groups attached to an aromatic ring is 1. The smallest absolute Gasteiger partial charge is 0.166 e. The van der Waals surface area contributed by atoms with Gasteiger partial charge in [0.15, 0.2) is 17.3 Å². The third kappa shape index (κ3) is 1.97. The molecule has 0 spiro atoms. The Morgan fingerprint density at radius 3 is 2.60 bits per heavy atom. The summed E-state index contributed by atoms with van der Waals surface area (Å²) in [6.45, 7) is 0.936. The molecule has 0 radical (unpaired) electrons. The Labute approximate surface area is 117 Å². The van der Waals surface area contributed by atoms with Crippen LogP contribution in [0.4, 0.5) is 5.69 Å². The van der Waals surface area contributed by atoms with E-state index < -0.39 is 0 Å². The molecular weight excluding hydrogens is 256 g/mol. The summed E-state index contributed by atoms with van der Waals surface area (Å²) in [6, 6.07) is 3.62. The molecule has 0 atom stereocenters. The summed E-state index contributed by atoms with van der Waals surface area (Å²) in [5.41, 5.74) is 7.58. The fourth-order valence-electron chi connectivity index (χ4n) is 2.60. The van der Waals surface area contributed by atoms with Crippen molar-refractivity contribution in [2.45, 2.75) is 25.8 Å². The molecule has 0 amide bonds. The molecule has 6 nitrogen and oxygen atoms in total. The maximum absolute atomic E-state index is 6.13. The Kier molecular flexibility index (Phi) is 3.22. The van der Waals surface area contributed by atoms with Gasteiger partial charge >= 0.3 is 0 Å². The number of aryl methyl sites for hydroxylation is 1. The Bertz CT molecular complexity index is 636. The van der Waals surface area contributed by atoms with Crippen molar-refractivity contribution < 1.29 is 9.47 Å². The summed E-state index contributed by atoms with van der Waals surface area (Å²) in [7, 11) is 3.20. The van der Waals surface area contributed by atoms with Crippen molar-refractivity contribution in [3.05, 3.63) is 18.0 Å². The molecule has 1 aromatic heterocycles. The van der Waals surface area contributed by atoms with Crippen molar-refractivity contribution in [1.29, 1.82) is 0 Å². The van der Waals surface area contributed by atoms with Crippen LogP contribution in [0.15, 0.2) is 12.1 Å². The zero-order valence-corrected chi connectivity index (χ0v) is 11.7. The zero-order valence-electron chi connectivity index (χ0n) is 11.7. The summed E-state index contributed by atoms with van der Waals surface area (Å²) in [4.78, 5) is 0. The molecule has 0 unspecified atom stereocenters. The van der Waals surface area contributed by atoms with Crippen LogP contribution in [-0.2, 0) is 13.0 Å². The maximum Gasteiger partial charge on any atom is 0.166 e. The number of anilines is 1. The molecule has 3 rings (SSSR count). The summed E-state index contributed by atoms with van der Waals surface area (Å²) in [5.74, 6) is 3.09. The lowest BCUT2D eigenvalue weighted by atomic mass is 10.1. The van der Waals surface area contributed by atoms with Crippen LogP contribution < -0.4 is 15.2 Å². The van der Waals surface area contributed by atoms with Crippen LogP contribution in [0, 0.1) is 0 Å². The Hall–Kier alpha value is -2.24. The molecule has 6 heteroatoms. The molecule has 106 valence electrons. The molecular formula is C14H18N4O2. The van der Waals surface area contributed by atoms with Crippen molar-refractivity contribution >= 4 is 5.69 Å². The first-order valence-corrected chi connectivity index (χ1v) is 6.68. The van der Waals surface area contributed by atoms with Gasteiger partial charge in [-0.25, -0.2) is 0 Å². The van der Waals surface area contributed by atoms with Gasteiger partial charge in [-0.2, -0.15) is 0 Å². The Morgan fingerprint density at radius 2 is 1.85 bits per heavy atom. The SMILES string of the molecule is COc1cc(N)c(-c2nnc3n2CCCC3)cc1OC. The largest absolute Gasteiger partial charge is 0.493 e. The third-order valence-electron chi connectivity index (χ3n) is 3.66. The minimum atomic E-state index is 0.614. The van der Waals surface area contributed by atoms with E-state index in [1.54, 1.807) is 20.3 Å². The predicted molar refractivity (Wildman–Crippen MR) is 75.9 cm³/mol. The van der Waals surface area contributed by atoms with Gasteiger partial charge in [0.2, 0.25) is 0 Å². The second kappa shape index (κ2) is 5.03. The number of ether oxygens (including phenoxy) is 2. The van der Waals surface area contributed by atoms with E-state index in [2.05, 4.69) is 14.8 Å². The molecule has 1 aliphatic heterocycles. The van der Waals surface area contributed by atoms with Gasteiger partial charge in [-0.05, 0) is 18.9 Å². The summed E-state index contributed by atoms with van der Waals surface area (Å²) in [5, 5.41) is 8.55. The van der Waals surface area contributed by atoms with Crippen LogP contribution in [0.5, 0.6) is 11.5 Å². The number of methoxy groups -OCH3 is 2. The van der Waals surface area contributed by atoms with E-state index in [0.29, 0.717) is 17.2 Å². The summed E-state index contributed by atoms with van der Waals surface area (Å²) in [6.07, 6.45) is 3.28. The van der Waals surface area contributed by atoms with Crippen molar-refractivity contribution in [1.82, 2.24) is 14.8 Å². The van der Waals surface area contributed by atoms with Gasteiger partial charge in [0, 0.05) is 30.3 Å². The summed E-state index contributed by atoms with van der Waals surface area (Å²) < 4.78 is 12.7. The predicted octanol–water partition coefficient (Wildman–Crippen LogP) is 1.88. The Morgan fingerprint density at radius 1 is 1.10 bits per heavy atom. The lowest BCUT2D eigenvalue weighted by molar-refractivity contribution is 0.355. The highest BCUT2D eigenvalue weighted by molar-refractivity contribution is 5.76. The molecule has 1 aromatic carbocycles. The van der Waals surface area contributed by atoms with Crippen LogP contribution >= 0.6 is 0 Å². The summed E-state index contributed by atoms with van der Waals surface area (Å²) >= 11 is 0. The van der Waals surface area contributed by atoms with Gasteiger partial charge in [0.05, 0.1) is 14.2 Å². The molecule has 20 heavy (non-hydrogen) atoms. The highest BCUT2D eigenvalue weighted by Gasteiger charge is 2.20. The minimum Gasteiger partial charge on any atom is -0.493 e. The lowest BCUT2D eigenvalue weighted by Crippen LogP contribution is -2.12. The van der Waals surface area contributed by atoms with Crippen molar-refractivity contribution in [3.8, 4) is 22.9 Å². The molecule has 0 aliphatic carbocycles. The van der Waals surface area contributed by atoms with E-state index in [9.17, 15) is 0 Å². The van der Waals surface area contributed by atoms with Gasteiger partial charge in [-0.1, -0.05) is 0 Å². The van der Waals surface area contributed by atoms with Gasteiger partial charge in [-0.15, -0.1) is 10.2 Å². The Balaban J connectivity index is 2.12. The van der Waals surface area contributed by atoms with E-state index in [1.807, 2.05) is 6.07 Å². The van der Waals surface area contributed by atoms with Gasteiger partial charge < -0.3 is 19.8 Å². The van der Waals surface area contributed by atoms with Crippen LogP contribution in [0.1, 0.15) is 18.7 Å². The topological polar surface area (TPSA) is 75.2 Å². The first kappa shape index (κ1) is 12.8. The molecule has 2 N–H and O–H groups in total. The van der Waals surface area contributed by atoms with Gasteiger partial charge in [-0.3, -0.25) is 0 Å². The highest BCUT2D eigenvalue weighted by Crippen LogP contribution is 2.37. The van der Waals surface area contributed by atoms with Crippen LogP contribution in [0.2, 0.25) is 0 Å². The van der Waals surface area contributed by atoms with E-state index in [0.717, 1.165) is 36.6 Å². The molecule has 0 fully saturated rings. The molecule has 0 saturated heterocycles. The fourth-order valence-corrected chi connectivity index (χ4v) is 2.60. The van der Waals surface area contributed by atoms with E-state index >= 15 is 0 Å². The molecule has 0 saturated carbocycles. The van der Waals surface area contributed by atoms with E-state index in [-0.39, 0.29) is 0 Å². The van der Waals surface area contributed by atoms with Crippen LogP contribution in [0.25, 0.3) is 11.4 Å². The van der Waals surface area contributed by atoms with Crippen molar-refractivity contribution in [2.75, 3.05) is 20.0 Å². The quantitative estimate of drug-likeness (QED) is 0.865. The van der Waals surface area contributed by atoms with Crippen LogP contribution in [-0.4, -0.2) is 29.0 Å². The number of rotatable bonds is 3. The normalized spacial score (nSPS) is 13.9. The average molecular weight is 274 g/mol. The fraction of sp³-hybridized carbons (Fsp3) is 0.429. The van der Waals surface area contributed by atoms with Crippen LogP contribution in [0.3, 0.4) is 0 Å². The second-order valence-corrected chi connectivity index (χ2v) is 4.84. The number of hydrogen-bond acceptors (Lipinski definition) is 5. The van der Waals surface area contributed by atoms with E-state index in [1.165, 1.54) is 6.42 Å². The first-order valence-electron chi connectivity index (χ1n) is 6.68. The molecule has 2 heterocycles. The second-order valence-electron chi connectivity index (χ2n) is 4.84. The van der Waals surface area contributed by atoms with Crippen molar-refractivity contribution in [2.24, 2.45) is 0 Å². The molecule has 1 aliphatic rings.